The van der Waals surface area contributed by atoms with Gasteiger partial charge in [-0.15, -0.1) is 0 Å². The number of carboxylic acids is 1. The standard InChI is InChI=1S/C21H20INO2/c22-14-7-6-13-11-21(20(24)25)17-9-8-16(23-17)19(21)18(15(13)10-14)12-4-2-1-3-5-12/h1-7,10,16-19,23H,8-9,11H2,(H,24,25). The molecule has 0 radical (unpaired) electrons. The van der Waals surface area contributed by atoms with Crippen LogP contribution in [0.3, 0.4) is 0 Å². The summed E-state index contributed by atoms with van der Waals surface area (Å²) in [7, 11) is 0. The number of carbonyl (C=O) groups is 1. The second kappa shape index (κ2) is 5.55. The monoisotopic (exact) mass is 445 g/mol. The molecule has 4 heteroatoms. The van der Waals surface area contributed by atoms with Crippen LogP contribution in [0.4, 0.5) is 0 Å². The predicted molar refractivity (Wildman–Crippen MR) is 105 cm³/mol. The van der Waals surface area contributed by atoms with Crippen LogP contribution in [0.25, 0.3) is 0 Å². The summed E-state index contributed by atoms with van der Waals surface area (Å²) in [5, 5.41) is 14.0. The first-order valence-corrected chi connectivity index (χ1v) is 10.0. The van der Waals surface area contributed by atoms with Crippen molar-refractivity contribution in [1.82, 2.24) is 5.32 Å². The molecule has 3 aliphatic rings. The highest BCUT2D eigenvalue weighted by atomic mass is 127. The van der Waals surface area contributed by atoms with E-state index in [9.17, 15) is 9.90 Å². The summed E-state index contributed by atoms with van der Waals surface area (Å²) >= 11 is 2.36. The van der Waals surface area contributed by atoms with Gasteiger partial charge in [0, 0.05) is 27.5 Å². The number of hydrogen-bond donors (Lipinski definition) is 2. The number of fused-ring (bicyclic) bond motifs is 6. The van der Waals surface area contributed by atoms with Crippen molar-refractivity contribution in [3.63, 3.8) is 0 Å². The zero-order valence-electron chi connectivity index (χ0n) is 13.8. The van der Waals surface area contributed by atoms with Crippen molar-refractivity contribution in [3.05, 3.63) is 68.8 Å². The van der Waals surface area contributed by atoms with Crippen molar-refractivity contribution in [3.8, 4) is 0 Å². The molecule has 0 amide bonds. The van der Waals surface area contributed by atoms with Crippen LogP contribution in [0.5, 0.6) is 0 Å². The maximum Gasteiger partial charge on any atom is 0.311 e. The molecule has 2 N–H and O–H groups in total. The lowest BCUT2D eigenvalue weighted by Gasteiger charge is -2.48. The topological polar surface area (TPSA) is 49.3 Å². The van der Waals surface area contributed by atoms with Gasteiger partial charge < -0.3 is 10.4 Å². The highest BCUT2D eigenvalue weighted by Gasteiger charge is 2.66. The van der Waals surface area contributed by atoms with Gasteiger partial charge in [-0.05, 0) is 70.7 Å². The average Bonchev–Trinajstić information content (AvgIpc) is 3.21. The number of rotatable bonds is 2. The van der Waals surface area contributed by atoms with Gasteiger partial charge in [0.25, 0.3) is 0 Å². The van der Waals surface area contributed by atoms with E-state index in [4.69, 9.17) is 0 Å². The maximum atomic E-state index is 12.6. The summed E-state index contributed by atoms with van der Waals surface area (Å²) in [6.45, 7) is 0. The molecule has 5 unspecified atom stereocenters. The lowest BCUT2D eigenvalue weighted by Crippen LogP contribution is -2.53. The zero-order chi connectivity index (χ0) is 17.2. The van der Waals surface area contributed by atoms with Crippen LogP contribution in [0, 0.1) is 14.9 Å². The Bertz CT molecular complexity index is 852. The Labute approximate surface area is 161 Å². The van der Waals surface area contributed by atoms with Crippen molar-refractivity contribution in [2.45, 2.75) is 37.3 Å². The minimum Gasteiger partial charge on any atom is -0.481 e. The van der Waals surface area contributed by atoms with Crippen molar-refractivity contribution < 1.29 is 9.90 Å². The number of carboxylic acid groups (broad SMARTS) is 1. The number of hydrogen-bond acceptors (Lipinski definition) is 2. The molecule has 2 aliphatic heterocycles. The zero-order valence-corrected chi connectivity index (χ0v) is 15.9. The fraction of sp³-hybridized carbons (Fsp3) is 0.381. The summed E-state index contributed by atoms with van der Waals surface area (Å²) in [4.78, 5) is 12.6. The number of nitrogens with one attached hydrogen (secondary N) is 1. The van der Waals surface area contributed by atoms with Gasteiger partial charge in [0.2, 0.25) is 0 Å². The normalized spacial score (nSPS) is 35.2. The van der Waals surface area contributed by atoms with E-state index in [1.54, 1.807) is 0 Å². The molecule has 0 saturated carbocycles. The van der Waals surface area contributed by atoms with Crippen LogP contribution in [0.15, 0.2) is 48.5 Å². The molecule has 2 heterocycles. The number of aliphatic carboxylic acids is 1. The molecule has 2 aromatic carbocycles. The average molecular weight is 445 g/mol. The molecule has 1 aliphatic carbocycles. The fourth-order valence-corrected chi connectivity index (χ4v) is 6.28. The lowest BCUT2D eigenvalue weighted by atomic mass is 9.53. The van der Waals surface area contributed by atoms with Gasteiger partial charge in [-0.2, -0.15) is 0 Å². The molecule has 2 fully saturated rings. The van der Waals surface area contributed by atoms with Crippen molar-refractivity contribution in [2.75, 3.05) is 0 Å². The van der Waals surface area contributed by atoms with E-state index in [1.165, 1.54) is 20.3 Å². The minimum absolute atomic E-state index is 0.0960. The molecule has 3 nitrogen and oxygen atoms in total. The third kappa shape index (κ3) is 2.10. The molecular formula is C21H20INO2. The van der Waals surface area contributed by atoms with E-state index in [0.29, 0.717) is 12.5 Å². The summed E-state index contributed by atoms with van der Waals surface area (Å²) in [6, 6.07) is 17.4. The molecule has 2 bridgehead atoms. The van der Waals surface area contributed by atoms with E-state index in [2.05, 4.69) is 70.4 Å². The Hall–Kier alpha value is -1.40. The van der Waals surface area contributed by atoms with Gasteiger partial charge in [0.05, 0.1) is 5.41 Å². The molecule has 128 valence electrons. The third-order valence-corrected chi connectivity index (χ3v) is 7.34. The molecule has 2 aromatic rings. The van der Waals surface area contributed by atoms with Crippen LogP contribution >= 0.6 is 22.6 Å². The summed E-state index contributed by atoms with van der Waals surface area (Å²) in [6.07, 6.45) is 2.72. The quantitative estimate of drug-likeness (QED) is 0.692. The van der Waals surface area contributed by atoms with Crippen LogP contribution in [0.1, 0.15) is 35.4 Å². The molecule has 5 rings (SSSR count). The molecular weight excluding hydrogens is 425 g/mol. The first-order chi connectivity index (χ1) is 12.1. The third-order valence-electron chi connectivity index (χ3n) is 6.67. The number of halogens is 1. The Morgan fingerprint density at radius 1 is 1.16 bits per heavy atom. The van der Waals surface area contributed by atoms with E-state index in [1.807, 2.05) is 6.07 Å². The smallest absolute Gasteiger partial charge is 0.311 e. The van der Waals surface area contributed by atoms with E-state index in [0.717, 1.165) is 12.8 Å². The van der Waals surface area contributed by atoms with E-state index >= 15 is 0 Å². The lowest BCUT2D eigenvalue weighted by molar-refractivity contribution is -0.154. The van der Waals surface area contributed by atoms with Crippen molar-refractivity contribution in [2.24, 2.45) is 11.3 Å². The van der Waals surface area contributed by atoms with Crippen LogP contribution in [-0.4, -0.2) is 23.2 Å². The Kier molecular flexibility index (Phi) is 3.51. The SMILES string of the molecule is O=C(O)C12Cc3ccc(I)cc3C(c3ccccc3)C1C1CCC2N1. The molecule has 25 heavy (non-hydrogen) atoms. The van der Waals surface area contributed by atoms with Crippen molar-refractivity contribution in [1.29, 1.82) is 0 Å². The molecule has 2 saturated heterocycles. The Morgan fingerprint density at radius 3 is 2.72 bits per heavy atom. The Morgan fingerprint density at radius 2 is 1.96 bits per heavy atom. The second-order valence-corrected chi connectivity index (χ2v) is 8.93. The van der Waals surface area contributed by atoms with E-state index < -0.39 is 11.4 Å². The van der Waals surface area contributed by atoms with Gasteiger partial charge in [-0.3, -0.25) is 4.79 Å². The van der Waals surface area contributed by atoms with Gasteiger partial charge in [-0.1, -0.05) is 36.4 Å². The van der Waals surface area contributed by atoms with Crippen LogP contribution in [-0.2, 0) is 11.2 Å². The molecule has 5 atom stereocenters. The first-order valence-electron chi connectivity index (χ1n) is 8.94. The molecule has 0 spiro atoms. The highest BCUT2D eigenvalue weighted by molar-refractivity contribution is 14.1. The van der Waals surface area contributed by atoms with Crippen LogP contribution in [0.2, 0.25) is 0 Å². The predicted octanol–water partition coefficient (Wildman–Crippen LogP) is 3.80. The summed E-state index contributed by atoms with van der Waals surface area (Å²) in [5.74, 6) is -0.349. The Balaban J connectivity index is 1.77. The fourth-order valence-electron chi connectivity index (χ4n) is 5.76. The summed E-state index contributed by atoms with van der Waals surface area (Å²) in [5.41, 5.74) is 3.11. The minimum atomic E-state index is -0.677. The van der Waals surface area contributed by atoms with Gasteiger partial charge in [0.1, 0.15) is 0 Å². The highest BCUT2D eigenvalue weighted by Crippen LogP contribution is 2.60. The van der Waals surface area contributed by atoms with Gasteiger partial charge >= 0.3 is 5.97 Å². The second-order valence-electron chi connectivity index (χ2n) is 7.68. The van der Waals surface area contributed by atoms with Crippen LogP contribution < -0.4 is 5.32 Å². The molecule has 0 aromatic heterocycles. The number of benzene rings is 2. The maximum absolute atomic E-state index is 12.6. The summed E-state index contributed by atoms with van der Waals surface area (Å²) < 4.78 is 1.22. The van der Waals surface area contributed by atoms with Gasteiger partial charge in [0.15, 0.2) is 0 Å². The largest absolute Gasteiger partial charge is 0.481 e. The van der Waals surface area contributed by atoms with E-state index in [-0.39, 0.29) is 17.9 Å². The van der Waals surface area contributed by atoms with Crippen molar-refractivity contribution >= 4 is 28.6 Å². The first kappa shape index (κ1) is 15.8. The van der Waals surface area contributed by atoms with Gasteiger partial charge in [-0.25, -0.2) is 0 Å².